The van der Waals surface area contributed by atoms with Crippen LogP contribution in [-0.4, -0.2) is 47.0 Å². The normalized spacial score (nSPS) is 16.5. The molecule has 0 aliphatic carbocycles. The Bertz CT molecular complexity index is 822. The Morgan fingerprint density at radius 3 is 2.39 bits per heavy atom. The Morgan fingerprint density at radius 1 is 1.11 bits per heavy atom. The molecule has 0 unspecified atom stereocenters. The minimum Gasteiger partial charge on any atom is -0.341 e. The summed E-state index contributed by atoms with van der Waals surface area (Å²) in [6, 6.07) is 7.68. The average molecular weight is 421 g/mol. The summed E-state index contributed by atoms with van der Waals surface area (Å²) in [7, 11) is 1.79. The van der Waals surface area contributed by atoms with Crippen LogP contribution < -0.4 is 4.90 Å². The van der Waals surface area contributed by atoms with E-state index in [0.29, 0.717) is 11.0 Å². The highest BCUT2D eigenvalue weighted by Crippen LogP contribution is 2.26. The number of hydrogen-bond donors (Lipinski definition) is 0. The smallest absolute Gasteiger partial charge is 0.274 e. The van der Waals surface area contributed by atoms with E-state index in [1.165, 1.54) is 12.6 Å². The second-order valence-corrected chi connectivity index (χ2v) is 8.25. The summed E-state index contributed by atoms with van der Waals surface area (Å²) in [5.74, 6) is 0.520. The van der Waals surface area contributed by atoms with Crippen molar-refractivity contribution in [1.82, 2.24) is 14.9 Å². The molecular formula is C21H26Cl2N4O. The van der Waals surface area contributed by atoms with Gasteiger partial charge in [-0.1, -0.05) is 42.3 Å². The van der Waals surface area contributed by atoms with Crippen LogP contribution >= 0.6 is 23.2 Å². The topological polar surface area (TPSA) is 49.3 Å². The third-order valence-electron chi connectivity index (χ3n) is 5.62. The van der Waals surface area contributed by atoms with Crippen molar-refractivity contribution in [2.75, 3.05) is 25.0 Å². The molecule has 1 aliphatic rings. The molecule has 7 heteroatoms. The molecule has 0 N–H and O–H groups in total. The van der Waals surface area contributed by atoms with Crippen molar-refractivity contribution in [3.8, 4) is 0 Å². The van der Waals surface area contributed by atoms with Crippen molar-refractivity contribution in [3.63, 3.8) is 0 Å². The van der Waals surface area contributed by atoms with Gasteiger partial charge in [-0.3, -0.25) is 4.79 Å². The van der Waals surface area contributed by atoms with Crippen molar-refractivity contribution in [2.45, 2.75) is 45.1 Å². The Balaban J connectivity index is 1.79. The summed E-state index contributed by atoms with van der Waals surface area (Å²) in [4.78, 5) is 25.8. The number of carbonyl (C=O) groups is 1. The van der Waals surface area contributed by atoms with Gasteiger partial charge < -0.3 is 9.80 Å². The van der Waals surface area contributed by atoms with Crippen LogP contribution in [0.4, 0.5) is 5.95 Å². The first-order valence-corrected chi connectivity index (χ1v) is 10.4. The second-order valence-electron chi connectivity index (χ2n) is 7.41. The molecule has 0 spiro atoms. The van der Waals surface area contributed by atoms with E-state index in [2.05, 4.69) is 21.8 Å². The summed E-state index contributed by atoms with van der Waals surface area (Å²) in [5.41, 5.74) is 1.38. The van der Waals surface area contributed by atoms with Crippen LogP contribution in [0.2, 0.25) is 10.0 Å². The van der Waals surface area contributed by atoms with E-state index in [-0.39, 0.29) is 28.6 Å². The lowest BCUT2D eigenvalue weighted by Gasteiger charge is -2.31. The lowest BCUT2D eigenvalue weighted by atomic mass is 9.93. The van der Waals surface area contributed by atoms with E-state index in [1.54, 1.807) is 11.9 Å². The molecule has 0 saturated carbocycles. The predicted octanol–water partition coefficient (Wildman–Crippen LogP) is 5.04. The van der Waals surface area contributed by atoms with Crippen molar-refractivity contribution < 1.29 is 4.79 Å². The number of nitrogens with zero attached hydrogens (tertiary/aromatic N) is 4. The molecule has 1 aromatic carbocycles. The van der Waals surface area contributed by atoms with Gasteiger partial charge in [0, 0.05) is 37.1 Å². The molecule has 2 heterocycles. The maximum atomic E-state index is 13.1. The summed E-state index contributed by atoms with van der Waals surface area (Å²) in [5, 5.41) is 0.981. The van der Waals surface area contributed by atoms with Gasteiger partial charge in [0.05, 0.1) is 11.2 Å². The number of anilines is 1. The van der Waals surface area contributed by atoms with Gasteiger partial charge in [0.2, 0.25) is 5.95 Å². The van der Waals surface area contributed by atoms with Crippen LogP contribution in [-0.2, 0) is 0 Å². The number of piperidine rings is 1. The number of hydrogen-bond acceptors (Lipinski definition) is 4. The zero-order valence-corrected chi connectivity index (χ0v) is 18.0. The van der Waals surface area contributed by atoms with Crippen LogP contribution in [0.1, 0.15) is 55.1 Å². The Kier molecular flexibility index (Phi) is 6.78. The zero-order valence-electron chi connectivity index (χ0n) is 16.5. The highest BCUT2D eigenvalue weighted by Gasteiger charge is 2.27. The van der Waals surface area contributed by atoms with Crippen LogP contribution in [0.5, 0.6) is 0 Å². The van der Waals surface area contributed by atoms with Crippen LogP contribution in [0.15, 0.2) is 30.5 Å². The molecule has 2 aromatic rings. The highest BCUT2D eigenvalue weighted by atomic mass is 35.5. The molecule has 5 nitrogen and oxygen atoms in total. The number of benzene rings is 1. The largest absolute Gasteiger partial charge is 0.341 e. The Hall–Kier alpha value is -1.85. The fourth-order valence-corrected chi connectivity index (χ4v) is 3.78. The van der Waals surface area contributed by atoms with E-state index >= 15 is 0 Å². The van der Waals surface area contributed by atoms with E-state index < -0.39 is 0 Å². The Morgan fingerprint density at radius 2 is 1.75 bits per heavy atom. The third-order valence-corrected chi connectivity index (χ3v) is 6.15. The molecule has 3 rings (SSSR count). The summed E-state index contributed by atoms with van der Waals surface area (Å²) < 4.78 is 0. The summed E-state index contributed by atoms with van der Waals surface area (Å²) in [6.07, 6.45) is 4.99. The summed E-state index contributed by atoms with van der Waals surface area (Å²) >= 11 is 12.3. The fraction of sp³-hybridized carbons (Fsp3) is 0.476. The van der Waals surface area contributed by atoms with E-state index in [4.69, 9.17) is 23.2 Å². The molecular weight excluding hydrogens is 395 g/mol. The molecule has 1 aromatic heterocycles. The van der Waals surface area contributed by atoms with Crippen LogP contribution in [0.3, 0.4) is 0 Å². The summed E-state index contributed by atoms with van der Waals surface area (Å²) in [6.45, 7) is 5.94. The molecule has 0 radical (unpaired) electrons. The predicted molar refractivity (Wildman–Crippen MR) is 115 cm³/mol. The first kappa shape index (κ1) is 20.9. The number of amides is 1. The lowest BCUT2D eigenvalue weighted by molar-refractivity contribution is 0.0720. The molecule has 28 heavy (non-hydrogen) atoms. The van der Waals surface area contributed by atoms with Crippen molar-refractivity contribution in [3.05, 3.63) is 51.8 Å². The zero-order chi connectivity index (χ0) is 20.3. The number of aromatic nitrogens is 2. The number of carbonyl (C=O) groups excluding carboxylic acids is 1. The van der Waals surface area contributed by atoms with Crippen molar-refractivity contribution in [2.24, 2.45) is 0 Å². The minimum absolute atomic E-state index is 0.0434. The van der Waals surface area contributed by atoms with Crippen LogP contribution in [0, 0.1) is 0 Å². The Labute approximate surface area is 176 Å². The molecule has 1 fully saturated rings. The van der Waals surface area contributed by atoms with Gasteiger partial charge >= 0.3 is 0 Å². The lowest BCUT2D eigenvalue weighted by Crippen LogP contribution is -2.39. The van der Waals surface area contributed by atoms with E-state index in [1.807, 2.05) is 31.2 Å². The molecule has 1 amide bonds. The van der Waals surface area contributed by atoms with Gasteiger partial charge in [-0.2, -0.15) is 0 Å². The average Bonchev–Trinajstić information content (AvgIpc) is 2.73. The van der Waals surface area contributed by atoms with Gasteiger partial charge in [-0.05, 0) is 43.9 Å². The van der Waals surface area contributed by atoms with Crippen molar-refractivity contribution >= 4 is 35.1 Å². The third kappa shape index (κ3) is 4.58. The molecule has 0 bridgehead atoms. The second kappa shape index (κ2) is 9.10. The first-order valence-electron chi connectivity index (χ1n) is 9.68. The van der Waals surface area contributed by atoms with Gasteiger partial charge in [0.25, 0.3) is 5.91 Å². The number of halogens is 2. The maximum absolute atomic E-state index is 13.1. The van der Waals surface area contributed by atoms with Gasteiger partial charge in [0.15, 0.2) is 5.69 Å². The standard InChI is InChI=1S/C21H26Cl2N4O/c1-14(16-7-9-17(22)10-8-16)15(2)26(3)20(28)19-18(23)13-24-21(25-19)27-11-5-4-6-12-27/h7-10,13-15H,4-6,11-12H2,1-3H3/t14-,15-/m0/s1. The van der Waals surface area contributed by atoms with Crippen molar-refractivity contribution in [1.29, 1.82) is 0 Å². The van der Waals surface area contributed by atoms with Crippen LogP contribution in [0.25, 0.3) is 0 Å². The molecule has 150 valence electrons. The van der Waals surface area contributed by atoms with Gasteiger partial charge in [-0.15, -0.1) is 0 Å². The number of rotatable bonds is 5. The minimum atomic E-state index is -0.195. The fourth-order valence-electron chi connectivity index (χ4n) is 3.49. The highest BCUT2D eigenvalue weighted by molar-refractivity contribution is 6.33. The number of likely N-dealkylation sites (N-methyl/N-ethyl adjacent to an activating group) is 1. The van der Waals surface area contributed by atoms with E-state index in [9.17, 15) is 4.79 Å². The van der Waals surface area contributed by atoms with E-state index in [0.717, 1.165) is 31.5 Å². The molecule has 2 atom stereocenters. The maximum Gasteiger partial charge on any atom is 0.274 e. The monoisotopic (exact) mass is 420 g/mol. The first-order chi connectivity index (χ1) is 13.4. The quantitative estimate of drug-likeness (QED) is 0.679. The van der Waals surface area contributed by atoms with Gasteiger partial charge in [-0.25, -0.2) is 9.97 Å². The molecule has 1 aliphatic heterocycles. The van der Waals surface area contributed by atoms with Gasteiger partial charge in [0.1, 0.15) is 0 Å². The molecule has 1 saturated heterocycles. The SMILES string of the molecule is C[C@H](c1ccc(Cl)cc1)[C@H](C)N(C)C(=O)c1nc(N2CCCCC2)ncc1Cl.